The minimum absolute atomic E-state index is 0.00975. The zero-order chi connectivity index (χ0) is 14.3. The van der Waals surface area contributed by atoms with Gasteiger partial charge in [0, 0.05) is 13.1 Å². The number of nitrogens with zero attached hydrogens (tertiary/aromatic N) is 1. The Balaban J connectivity index is 4.70. The molecule has 0 saturated carbocycles. The second kappa shape index (κ2) is 8.51. The molecule has 0 radical (unpaired) electrons. The van der Waals surface area contributed by atoms with Gasteiger partial charge >= 0.3 is 11.9 Å². The van der Waals surface area contributed by atoms with E-state index >= 15 is 0 Å². The normalized spacial score (nSPS) is 11.4. The van der Waals surface area contributed by atoms with E-state index < -0.39 is 24.4 Å². The Hall–Kier alpha value is -0.580. The summed E-state index contributed by atoms with van der Waals surface area (Å²) >= 11 is 17.2. The fourth-order valence-corrected chi connectivity index (χ4v) is 1.84. The van der Waals surface area contributed by atoms with Crippen molar-refractivity contribution in [2.45, 2.75) is 12.5 Å². The van der Waals surface area contributed by atoms with Crippen LogP contribution in [0, 0.1) is 0 Å². The van der Waals surface area contributed by atoms with Gasteiger partial charge in [-0.2, -0.15) is 0 Å². The molecule has 10 heteroatoms. The first-order valence-electron chi connectivity index (χ1n) is 4.66. The van der Waals surface area contributed by atoms with Gasteiger partial charge in [0.05, 0.1) is 6.42 Å². The third-order valence-electron chi connectivity index (χ3n) is 1.90. The molecule has 0 aromatic heterocycles. The quantitative estimate of drug-likeness (QED) is 0.335. The highest BCUT2D eigenvalue weighted by atomic mass is 32.1. The van der Waals surface area contributed by atoms with Crippen LogP contribution >= 0.6 is 49.7 Å². The first-order valence-corrected chi connectivity index (χ1v) is 6.37. The number of rotatable bonds is 7. The molecule has 102 valence electrons. The Morgan fingerprint density at radius 3 is 2.17 bits per heavy atom. The van der Waals surface area contributed by atoms with Crippen molar-refractivity contribution in [1.29, 1.82) is 0 Å². The number of nitrogens with one attached hydrogen (secondary N) is 1. The third-order valence-corrected chi connectivity index (χ3v) is 2.70. The van der Waals surface area contributed by atoms with Crippen molar-refractivity contribution in [2.24, 2.45) is 0 Å². The van der Waals surface area contributed by atoms with E-state index in [0.717, 1.165) is 0 Å². The molecular formula is C8H12N2O4S4. The fraction of sp³-hybridized carbons (Fsp3) is 0.500. The minimum Gasteiger partial charge on any atom is -0.481 e. The molecular weight excluding hydrogens is 316 g/mol. The van der Waals surface area contributed by atoms with Crippen LogP contribution in [-0.2, 0) is 9.59 Å². The van der Waals surface area contributed by atoms with Gasteiger partial charge in [-0.25, -0.2) is 4.79 Å². The number of thiocarbonyl (C=S) groups is 2. The Bertz CT molecular complexity index is 363. The topological polar surface area (TPSA) is 89.9 Å². The van der Waals surface area contributed by atoms with Crippen LogP contribution in [0.3, 0.4) is 0 Å². The molecule has 0 bridgehead atoms. The smallest absolute Gasteiger partial charge is 0.326 e. The molecule has 0 aliphatic rings. The number of carbonyl (C=O) groups is 2. The summed E-state index contributed by atoms with van der Waals surface area (Å²) < 4.78 is 0.265. The zero-order valence-corrected chi connectivity index (χ0v) is 12.5. The van der Waals surface area contributed by atoms with Crippen LogP contribution < -0.4 is 5.32 Å². The van der Waals surface area contributed by atoms with E-state index in [1.54, 1.807) is 0 Å². The van der Waals surface area contributed by atoms with Gasteiger partial charge in [-0.1, -0.05) is 24.4 Å². The van der Waals surface area contributed by atoms with Crippen LogP contribution in [0.2, 0.25) is 0 Å². The molecule has 0 aliphatic carbocycles. The molecule has 0 spiro atoms. The van der Waals surface area contributed by atoms with Crippen LogP contribution in [0.4, 0.5) is 0 Å². The average Bonchev–Trinajstić information content (AvgIpc) is 2.20. The van der Waals surface area contributed by atoms with Crippen LogP contribution in [0.5, 0.6) is 0 Å². The Morgan fingerprint density at radius 2 is 1.83 bits per heavy atom. The number of hydrogen-bond donors (Lipinski definition) is 5. The lowest BCUT2D eigenvalue weighted by Crippen LogP contribution is -2.47. The first kappa shape index (κ1) is 17.4. The molecule has 0 fully saturated rings. The third kappa shape index (κ3) is 6.99. The van der Waals surface area contributed by atoms with Crippen LogP contribution in [0.15, 0.2) is 0 Å². The predicted molar refractivity (Wildman–Crippen MR) is 81.6 cm³/mol. The minimum atomic E-state index is -1.28. The highest BCUT2D eigenvalue weighted by Crippen LogP contribution is 2.09. The van der Waals surface area contributed by atoms with E-state index in [1.807, 2.05) is 0 Å². The maximum absolute atomic E-state index is 11.0. The monoisotopic (exact) mass is 328 g/mol. The number of hydrogen-bond acceptors (Lipinski definition) is 4. The lowest BCUT2D eigenvalue weighted by molar-refractivity contribution is -0.148. The summed E-state index contributed by atoms with van der Waals surface area (Å²) in [6.07, 6.45) is -0.568. The molecule has 18 heavy (non-hydrogen) atoms. The van der Waals surface area contributed by atoms with Gasteiger partial charge in [-0.15, -0.1) is 25.3 Å². The molecule has 0 amide bonds. The Kier molecular flexibility index (Phi) is 8.24. The number of aliphatic carboxylic acids is 2. The van der Waals surface area contributed by atoms with Gasteiger partial charge in [0.1, 0.15) is 14.7 Å². The maximum atomic E-state index is 11.0. The Labute approximate surface area is 126 Å². The molecule has 0 aromatic rings. The van der Waals surface area contributed by atoms with E-state index in [2.05, 4.69) is 42.8 Å². The molecule has 6 nitrogen and oxygen atoms in total. The van der Waals surface area contributed by atoms with Crippen LogP contribution in [-0.4, -0.2) is 54.8 Å². The molecule has 0 rings (SSSR count). The van der Waals surface area contributed by atoms with E-state index in [-0.39, 0.29) is 21.7 Å². The summed E-state index contributed by atoms with van der Waals surface area (Å²) in [5.41, 5.74) is 0. The van der Waals surface area contributed by atoms with Crippen molar-refractivity contribution < 1.29 is 19.8 Å². The zero-order valence-electron chi connectivity index (χ0n) is 9.07. The summed E-state index contributed by atoms with van der Waals surface area (Å²) in [5.74, 6) is -2.50. The first-order chi connectivity index (χ1) is 8.25. The van der Waals surface area contributed by atoms with Crippen molar-refractivity contribution in [2.75, 3.05) is 13.1 Å². The van der Waals surface area contributed by atoms with Crippen LogP contribution in [0.25, 0.3) is 0 Å². The molecule has 3 N–H and O–H groups in total. The number of thiol groups is 2. The van der Waals surface area contributed by atoms with Crippen LogP contribution in [0.1, 0.15) is 6.42 Å². The van der Waals surface area contributed by atoms with Crippen molar-refractivity contribution in [3.8, 4) is 0 Å². The van der Waals surface area contributed by atoms with Gasteiger partial charge in [-0.05, 0) is 0 Å². The molecule has 0 heterocycles. The Morgan fingerprint density at radius 1 is 1.28 bits per heavy atom. The number of carboxylic acids is 2. The summed E-state index contributed by atoms with van der Waals surface area (Å²) in [6.45, 7) is 0.444. The molecule has 0 saturated heterocycles. The lowest BCUT2D eigenvalue weighted by Gasteiger charge is -2.28. The van der Waals surface area contributed by atoms with Gasteiger partial charge in [0.25, 0.3) is 0 Å². The van der Waals surface area contributed by atoms with Gasteiger partial charge in [0.15, 0.2) is 0 Å². The fourth-order valence-electron chi connectivity index (χ4n) is 1.16. The van der Waals surface area contributed by atoms with E-state index in [9.17, 15) is 9.59 Å². The molecule has 0 aromatic carbocycles. The average molecular weight is 328 g/mol. The SMILES string of the molecule is O=C(O)CC(C(=O)O)N(CCNC(=S)S)C(=S)S. The van der Waals surface area contributed by atoms with E-state index in [1.165, 1.54) is 4.90 Å². The highest BCUT2D eigenvalue weighted by Gasteiger charge is 2.28. The summed E-state index contributed by atoms with van der Waals surface area (Å²) in [5, 5.41) is 20.4. The van der Waals surface area contributed by atoms with Gasteiger partial charge in [0.2, 0.25) is 0 Å². The van der Waals surface area contributed by atoms with Gasteiger partial charge in [-0.3, -0.25) is 4.79 Å². The molecule has 0 aliphatic heterocycles. The summed E-state index contributed by atoms with van der Waals surface area (Å²) in [6, 6.07) is -1.26. The predicted octanol–water partition coefficient (Wildman–Crippen LogP) is 0.235. The van der Waals surface area contributed by atoms with Crippen molar-refractivity contribution in [1.82, 2.24) is 10.2 Å². The summed E-state index contributed by atoms with van der Waals surface area (Å²) in [4.78, 5) is 22.8. The van der Waals surface area contributed by atoms with Crippen molar-refractivity contribution in [3.63, 3.8) is 0 Å². The van der Waals surface area contributed by atoms with E-state index in [4.69, 9.17) is 22.4 Å². The maximum Gasteiger partial charge on any atom is 0.326 e. The van der Waals surface area contributed by atoms with Crippen molar-refractivity contribution >= 4 is 70.3 Å². The molecule has 1 atom stereocenters. The highest BCUT2D eigenvalue weighted by molar-refractivity contribution is 8.11. The van der Waals surface area contributed by atoms with E-state index in [0.29, 0.717) is 0 Å². The number of carboxylic acid groups (broad SMARTS) is 2. The largest absolute Gasteiger partial charge is 0.481 e. The second-order valence-electron chi connectivity index (χ2n) is 3.16. The van der Waals surface area contributed by atoms with Crippen molar-refractivity contribution in [3.05, 3.63) is 0 Å². The second-order valence-corrected chi connectivity index (χ2v) is 5.43. The summed E-state index contributed by atoms with van der Waals surface area (Å²) in [7, 11) is 0. The lowest BCUT2D eigenvalue weighted by atomic mass is 10.2. The standard InChI is InChI=1S/C8H12N2O4S4/c11-5(12)3-4(6(13)14)10(8(17)18)2-1-9-7(15)16/h4H,1-3H2,(H,11,12)(H,13,14)(H,17,18)(H2,9,15,16). The van der Waals surface area contributed by atoms with Gasteiger partial charge < -0.3 is 20.4 Å². The molecule has 1 unspecified atom stereocenters.